The molecular weight excluding hydrogens is 565 g/mol. The Morgan fingerprint density at radius 1 is 1.05 bits per heavy atom. The Hall–Kier alpha value is -2.52. The number of carbonyl (C=O) groups excluding carboxylic acids is 2. The minimum atomic E-state index is -0.137. The molecule has 2 amide bonds. The normalized spacial score (nSPS) is 15.4. The summed E-state index contributed by atoms with van der Waals surface area (Å²) >= 11 is 19.6. The fourth-order valence-corrected chi connectivity index (χ4v) is 5.60. The second-order valence-electron chi connectivity index (χ2n) is 9.12. The molecule has 11 heteroatoms. The Morgan fingerprint density at radius 2 is 1.82 bits per heavy atom. The van der Waals surface area contributed by atoms with Crippen LogP contribution in [0.5, 0.6) is 0 Å². The molecule has 3 aromatic rings. The molecule has 2 heterocycles. The number of anilines is 1. The first-order valence-electron chi connectivity index (χ1n) is 12.2. The molecule has 0 aliphatic carbocycles. The van der Waals surface area contributed by atoms with Crippen molar-refractivity contribution in [1.82, 2.24) is 20.2 Å². The minimum Gasteiger partial charge on any atom is -0.355 e. The van der Waals surface area contributed by atoms with Crippen LogP contribution in [0.1, 0.15) is 28.4 Å². The van der Waals surface area contributed by atoms with Crippen LogP contribution in [0, 0.1) is 6.92 Å². The number of hydrogen-bond acceptors (Lipinski definition) is 6. The highest BCUT2D eigenvalue weighted by atomic mass is 35.5. The number of piperazine rings is 1. The third-order valence-electron chi connectivity index (χ3n) is 6.24. The first kappa shape index (κ1) is 28.5. The summed E-state index contributed by atoms with van der Waals surface area (Å²) in [7, 11) is 0. The topological polar surface area (TPSA) is 78.4 Å². The van der Waals surface area contributed by atoms with Gasteiger partial charge in [-0.2, -0.15) is 0 Å². The molecule has 1 fully saturated rings. The molecule has 0 spiro atoms. The Kier molecular flexibility index (Phi) is 9.76. The van der Waals surface area contributed by atoms with Crippen LogP contribution in [0.3, 0.4) is 0 Å². The molecule has 1 aromatic heterocycles. The van der Waals surface area contributed by atoms with Gasteiger partial charge in [0.15, 0.2) is 5.16 Å². The number of aryl methyl sites for hydroxylation is 1. The van der Waals surface area contributed by atoms with Crippen molar-refractivity contribution < 1.29 is 9.59 Å². The van der Waals surface area contributed by atoms with Gasteiger partial charge in [0, 0.05) is 53.9 Å². The molecule has 0 bridgehead atoms. The molecule has 1 aliphatic heterocycles. The Labute approximate surface area is 241 Å². The van der Waals surface area contributed by atoms with E-state index in [1.807, 2.05) is 49.1 Å². The number of thioether (sulfide) groups is 1. The second kappa shape index (κ2) is 13.0. The number of benzene rings is 2. The smallest absolute Gasteiger partial charge is 0.254 e. The fourth-order valence-electron chi connectivity index (χ4n) is 4.18. The number of nitrogens with one attached hydrogen (secondary N) is 1. The molecule has 1 unspecified atom stereocenters. The van der Waals surface area contributed by atoms with Gasteiger partial charge in [-0.15, -0.1) is 0 Å². The summed E-state index contributed by atoms with van der Waals surface area (Å²) < 4.78 is 0. The van der Waals surface area contributed by atoms with E-state index in [2.05, 4.69) is 20.2 Å². The minimum absolute atomic E-state index is 0.0117. The third kappa shape index (κ3) is 7.53. The van der Waals surface area contributed by atoms with Gasteiger partial charge in [0.2, 0.25) is 5.91 Å². The van der Waals surface area contributed by atoms with Crippen LogP contribution in [-0.2, 0) is 11.2 Å². The van der Waals surface area contributed by atoms with Gasteiger partial charge in [-0.25, -0.2) is 9.97 Å². The van der Waals surface area contributed by atoms with E-state index in [-0.39, 0.29) is 23.6 Å². The van der Waals surface area contributed by atoms with Crippen LogP contribution < -0.4 is 10.2 Å². The van der Waals surface area contributed by atoms with E-state index < -0.39 is 0 Å². The monoisotopic (exact) mass is 591 g/mol. The van der Waals surface area contributed by atoms with E-state index in [4.69, 9.17) is 34.8 Å². The summed E-state index contributed by atoms with van der Waals surface area (Å²) in [6.07, 6.45) is 0.598. The van der Waals surface area contributed by atoms with Gasteiger partial charge in [-0.05, 0) is 50.1 Å². The van der Waals surface area contributed by atoms with Crippen LogP contribution >= 0.6 is 46.6 Å². The van der Waals surface area contributed by atoms with Crippen molar-refractivity contribution >= 4 is 64.2 Å². The second-order valence-corrected chi connectivity index (χ2v) is 11.3. The zero-order valence-corrected chi connectivity index (χ0v) is 24.2. The molecule has 1 N–H and O–H groups in total. The molecule has 4 rings (SSSR count). The largest absolute Gasteiger partial charge is 0.355 e. The molecule has 1 atom stereocenters. The average Bonchev–Trinajstić information content (AvgIpc) is 2.88. The van der Waals surface area contributed by atoms with Crippen molar-refractivity contribution in [3.8, 4) is 0 Å². The van der Waals surface area contributed by atoms with Gasteiger partial charge in [-0.1, -0.05) is 70.3 Å². The number of halogens is 3. The molecule has 2 aromatic carbocycles. The van der Waals surface area contributed by atoms with Crippen molar-refractivity contribution in [2.75, 3.05) is 36.8 Å². The lowest BCUT2D eigenvalue weighted by molar-refractivity contribution is -0.118. The first-order valence-corrected chi connectivity index (χ1v) is 14.3. The third-order valence-corrected chi connectivity index (χ3v) is 7.86. The zero-order valence-electron chi connectivity index (χ0n) is 21.1. The van der Waals surface area contributed by atoms with E-state index in [0.29, 0.717) is 64.3 Å². The van der Waals surface area contributed by atoms with E-state index in [9.17, 15) is 9.59 Å². The van der Waals surface area contributed by atoms with Gasteiger partial charge >= 0.3 is 0 Å². The van der Waals surface area contributed by atoms with Crippen LogP contribution in [0.2, 0.25) is 15.2 Å². The van der Waals surface area contributed by atoms with Crippen LogP contribution in [0.15, 0.2) is 53.7 Å². The van der Waals surface area contributed by atoms with Crippen molar-refractivity contribution in [3.05, 3.63) is 80.4 Å². The highest BCUT2D eigenvalue weighted by Crippen LogP contribution is 2.25. The van der Waals surface area contributed by atoms with Gasteiger partial charge in [0.05, 0.1) is 5.75 Å². The summed E-state index contributed by atoms with van der Waals surface area (Å²) in [5.41, 5.74) is 2.73. The lowest BCUT2D eigenvalue weighted by Gasteiger charge is -2.40. The van der Waals surface area contributed by atoms with E-state index in [1.54, 1.807) is 18.2 Å². The van der Waals surface area contributed by atoms with E-state index in [1.165, 1.54) is 11.8 Å². The maximum atomic E-state index is 13.0. The number of nitrogens with zero attached hydrogens (tertiary/aromatic N) is 4. The van der Waals surface area contributed by atoms with Gasteiger partial charge < -0.3 is 15.1 Å². The predicted octanol–water partition coefficient (Wildman–Crippen LogP) is 5.55. The van der Waals surface area contributed by atoms with E-state index in [0.717, 1.165) is 11.1 Å². The summed E-state index contributed by atoms with van der Waals surface area (Å²) in [5.74, 6) is 0.726. The average molecular weight is 593 g/mol. The standard InChI is InChI=1S/C27H28Cl3N5O2S/c1-17-3-5-20(6-4-17)26(37)35-12-11-34(15-18(35)2)24-14-23(30)32-27(33-24)38-16-25(36)31-10-9-19-7-8-21(28)13-22(19)29/h3-8,13-14,18H,9-12,15-16H2,1-2H3,(H,31,36). The Morgan fingerprint density at radius 3 is 2.53 bits per heavy atom. The van der Waals surface area contributed by atoms with E-state index >= 15 is 0 Å². The number of aromatic nitrogens is 2. The number of hydrogen-bond donors (Lipinski definition) is 1. The molecule has 1 saturated heterocycles. The molecular formula is C27H28Cl3N5O2S. The summed E-state index contributed by atoms with van der Waals surface area (Å²) in [6, 6.07) is 14.7. The number of amides is 2. The molecule has 38 heavy (non-hydrogen) atoms. The highest BCUT2D eigenvalue weighted by Gasteiger charge is 2.29. The van der Waals surface area contributed by atoms with Crippen molar-refractivity contribution in [2.24, 2.45) is 0 Å². The molecule has 200 valence electrons. The van der Waals surface area contributed by atoms with Crippen LogP contribution in [-0.4, -0.2) is 64.7 Å². The summed E-state index contributed by atoms with van der Waals surface area (Å²) in [6.45, 7) is 6.28. The van der Waals surface area contributed by atoms with Crippen molar-refractivity contribution in [2.45, 2.75) is 31.5 Å². The SMILES string of the molecule is Cc1ccc(C(=O)N2CCN(c3cc(Cl)nc(SCC(=O)NCCc4ccc(Cl)cc4Cl)n3)CC2C)cc1. The molecule has 0 radical (unpaired) electrons. The maximum absolute atomic E-state index is 13.0. The van der Waals surface area contributed by atoms with Crippen LogP contribution in [0.25, 0.3) is 0 Å². The lowest BCUT2D eigenvalue weighted by Crippen LogP contribution is -2.54. The first-order chi connectivity index (χ1) is 18.2. The summed E-state index contributed by atoms with van der Waals surface area (Å²) in [4.78, 5) is 38.3. The predicted molar refractivity (Wildman–Crippen MR) is 155 cm³/mol. The fraction of sp³-hybridized carbons (Fsp3) is 0.333. The highest BCUT2D eigenvalue weighted by molar-refractivity contribution is 7.99. The lowest BCUT2D eigenvalue weighted by atomic mass is 10.1. The van der Waals surface area contributed by atoms with Gasteiger partial charge in [-0.3, -0.25) is 9.59 Å². The van der Waals surface area contributed by atoms with Gasteiger partial charge in [0.25, 0.3) is 5.91 Å². The Bertz CT molecular complexity index is 1310. The summed E-state index contributed by atoms with van der Waals surface area (Å²) in [5, 5.41) is 4.77. The number of carbonyl (C=O) groups is 2. The Balaban J connectivity index is 1.30. The van der Waals surface area contributed by atoms with Crippen LogP contribution in [0.4, 0.5) is 5.82 Å². The van der Waals surface area contributed by atoms with Gasteiger partial charge in [0.1, 0.15) is 11.0 Å². The molecule has 7 nitrogen and oxygen atoms in total. The quantitative estimate of drug-likeness (QED) is 0.210. The molecule has 0 saturated carbocycles. The zero-order chi connectivity index (χ0) is 27.2. The molecule has 1 aliphatic rings. The van der Waals surface area contributed by atoms with Crippen molar-refractivity contribution in [1.29, 1.82) is 0 Å². The maximum Gasteiger partial charge on any atom is 0.254 e. The van der Waals surface area contributed by atoms with Crippen molar-refractivity contribution in [3.63, 3.8) is 0 Å². The number of rotatable bonds is 8.